The van der Waals surface area contributed by atoms with Gasteiger partial charge in [-0.15, -0.1) is 0 Å². The number of rotatable bonds is 6. The summed E-state index contributed by atoms with van der Waals surface area (Å²) >= 11 is 0. The zero-order valence-electron chi connectivity index (χ0n) is 10.6. The van der Waals surface area contributed by atoms with Gasteiger partial charge in [-0.3, -0.25) is 4.79 Å². The molecule has 0 aromatic carbocycles. The van der Waals surface area contributed by atoms with Gasteiger partial charge in [0.1, 0.15) is 5.54 Å². The average molecular weight is 228 g/mol. The molecule has 0 aliphatic heterocycles. The summed E-state index contributed by atoms with van der Waals surface area (Å²) in [7, 11) is 4.00. The molecule has 0 amide bonds. The molecule has 4 nitrogen and oxygen atoms in total. The molecule has 1 rings (SSSR count). The lowest BCUT2D eigenvalue weighted by atomic mass is 9.85. The molecular formula is C12H24N2O2. The minimum Gasteiger partial charge on any atom is -0.480 e. The third kappa shape index (κ3) is 2.74. The second-order valence-corrected chi connectivity index (χ2v) is 5.00. The molecule has 0 spiro atoms. The summed E-state index contributed by atoms with van der Waals surface area (Å²) in [6.07, 6.45) is 3.78. The van der Waals surface area contributed by atoms with E-state index in [0.29, 0.717) is 0 Å². The minimum atomic E-state index is -0.671. The first-order valence-electron chi connectivity index (χ1n) is 6.16. The highest BCUT2D eigenvalue weighted by Crippen LogP contribution is 2.37. The van der Waals surface area contributed by atoms with E-state index >= 15 is 0 Å². The van der Waals surface area contributed by atoms with E-state index in [-0.39, 0.29) is 5.92 Å². The Morgan fingerprint density at radius 3 is 2.75 bits per heavy atom. The first-order valence-corrected chi connectivity index (χ1v) is 6.16. The van der Waals surface area contributed by atoms with Gasteiger partial charge >= 0.3 is 5.97 Å². The molecule has 0 aromatic rings. The molecule has 16 heavy (non-hydrogen) atoms. The van der Waals surface area contributed by atoms with Crippen LogP contribution < -0.4 is 5.32 Å². The van der Waals surface area contributed by atoms with Gasteiger partial charge in [0.25, 0.3) is 0 Å². The molecule has 0 bridgehead atoms. The molecule has 1 aliphatic carbocycles. The Morgan fingerprint density at radius 1 is 1.56 bits per heavy atom. The third-order valence-electron chi connectivity index (χ3n) is 3.69. The van der Waals surface area contributed by atoms with Crippen LogP contribution in [0.1, 0.15) is 32.6 Å². The monoisotopic (exact) mass is 228 g/mol. The largest absolute Gasteiger partial charge is 0.480 e. The van der Waals surface area contributed by atoms with Crippen molar-refractivity contribution in [3.05, 3.63) is 0 Å². The van der Waals surface area contributed by atoms with Crippen molar-refractivity contribution in [2.45, 2.75) is 38.1 Å². The number of nitrogens with one attached hydrogen (secondary N) is 1. The van der Waals surface area contributed by atoms with Gasteiger partial charge in [-0.05, 0) is 32.9 Å². The second kappa shape index (κ2) is 5.64. The van der Waals surface area contributed by atoms with Gasteiger partial charge in [-0.1, -0.05) is 19.8 Å². The number of carboxylic acids is 1. The molecule has 0 saturated heterocycles. The lowest BCUT2D eigenvalue weighted by molar-refractivity contribution is -0.146. The van der Waals surface area contributed by atoms with Crippen molar-refractivity contribution in [2.24, 2.45) is 5.92 Å². The molecule has 1 saturated carbocycles. The van der Waals surface area contributed by atoms with E-state index in [4.69, 9.17) is 0 Å². The summed E-state index contributed by atoms with van der Waals surface area (Å²) < 4.78 is 0. The summed E-state index contributed by atoms with van der Waals surface area (Å²) in [6, 6.07) is 0. The molecule has 2 atom stereocenters. The number of nitrogens with zero attached hydrogens (tertiary/aromatic N) is 1. The number of carbonyl (C=O) groups is 1. The molecule has 94 valence electrons. The van der Waals surface area contributed by atoms with E-state index in [1.807, 2.05) is 14.1 Å². The number of aliphatic carboxylic acids is 1. The first-order chi connectivity index (χ1) is 7.53. The van der Waals surface area contributed by atoms with Gasteiger partial charge in [-0.25, -0.2) is 0 Å². The van der Waals surface area contributed by atoms with Crippen LogP contribution >= 0.6 is 0 Å². The van der Waals surface area contributed by atoms with Gasteiger partial charge < -0.3 is 15.3 Å². The average Bonchev–Trinajstić information content (AvgIpc) is 2.61. The molecule has 0 aromatic heterocycles. The van der Waals surface area contributed by atoms with Crippen LogP contribution in [0.4, 0.5) is 0 Å². The second-order valence-electron chi connectivity index (χ2n) is 5.00. The van der Waals surface area contributed by atoms with Crippen molar-refractivity contribution in [1.29, 1.82) is 0 Å². The third-order valence-corrected chi connectivity index (χ3v) is 3.69. The Balaban J connectivity index is 2.62. The maximum Gasteiger partial charge on any atom is 0.324 e. The van der Waals surface area contributed by atoms with Crippen LogP contribution in [-0.2, 0) is 4.79 Å². The number of likely N-dealkylation sites (N-methyl/N-ethyl adjacent to an activating group) is 1. The fourth-order valence-electron chi connectivity index (χ4n) is 2.72. The predicted molar refractivity (Wildman–Crippen MR) is 64.6 cm³/mol. The van der Waals surface area contributed by atoms with Crippen LogP contribution in [-0.4, -0.2) is 48.7 Å². The molecule has 2 unspecified atom stereocenters. The predicted octanol–water partition coefficient (Wildman–Crippen LogP) is 1.17. The first kappa shape index (κ1) is 13.5. The Kier molecular flexibility index (Phi) is 4.74. The van der Waals surface area contributed by atoms with Gasteiger partial charge in [-0.2, -0.15) is 0 Å². The highest BCUT2D eigenvalue weighted by molar-refractivity contribution is 5.79. The molecule has 1 fully saturated rings. The quantitative estimate of drug-likeness (QED) is 0.716. The molecule has 0 radical (unpaired) electrons. The lowest BCUT2D eigenvalue weighted by Crippen LogP contribution is -2.56. The van der Waals surface area contributed by atoms with E-state index in [1.54, 1.807) is 0 Å². The Morgan fingerprint density at radius 2 is 2.25 bits per heavy atom. The normalized spacial score (nSPS) is 29.9. The SMILES string of the molecule is CCC1CCCC1(NCCN(C)C)C(=O)O. The summed E-state index contributed by atoms with van der Waals surface area (Å²) in [6.45, 7) is 3.71. The Bertz CT molecular complexity index is 243. The van der Waals surface area contributed by atoms with Crippen molar-refractivity contribution in [1.82, 2.24) is 10.2 Å². The molecule has 0 heterocycles. The van der Waals surface area contributed by atoms with Crippen molar-refractivity contribution in [2.75, 3.05) is 27.2 Å². The van der Waals surface area contributed by atoms with Crippen molar-refractivity contribution < 1.29 is 9.90 Å². The van der Waals surface area contributed by atoms with Crippen LogP contribution in [0.2, 0.25) is 0 Å². The highest BCUT2D eigenvalue weighted by atomic mass is 16.4. The Labute approximate surface area is 98.0 Å². The van der Waals surface area contributed by atoms with Crippen LogP contribution in [0.15, 0.2) is 0 Å². The summed E-state index contributed by atoms with van der Waals surface area (Å²) in [4.78, 5) is 13.6. The molecule has 2 N–H and O–H groups in total. The van der Waals surface area contributed by atoms with Gasteiger partial charge in [0.2, 0.25) is 0 Å². The fourth-order valence-corrected chi connectivity index (χ4v) is 2.72. The number of hydrogen-bond donors (Lipinski definition) is 2. The summed E-state index contributed by atoms with van der Waals surface area (Å²) in [5.41, 5.74) is -0.662. The maximum atomic E-state index is 11.5. The van der Waals surface area contributed by atoms with Crippen molar-refractivity contribution >= 4 is 5.97 Å². The highest BCUT2D eigenvalue weighted by Gasteiger charge is 2.47. The van der Waals surface area contributed by atoms with Crippen LogP contribution in [0.5, 0.6) is 0 Å². The van der Waals surface area contributed by atoms with Gasteiger partial charge in [0.05, 0.1) is 0 Å². The van der Waals surface area contributed by atoms with Crippen molar-refractivity contribution in [3.8, 4) is 0 Å². The van der Waals surface area contributed by atoms with E-state index in [9.17, 15) is 9.90 Å². The zero-order valence-corrected chi connectivity index (χ0v) is 10.6. The summed E-state index contributed by atoms with van der Waals surface area (Å²) in [5.74, 6) is -0.386. The zero-order chi connectivity index (χ0) is 12.2. The Hall–Kier alpha value is -0.610. The minimum absolute atomic E-state index is 0.284. The maximum absolute atomic E-state index is 11.5. The van der Waals surface area contributed by atoms with Crippen molar-refractivity contribution in [3.63, 3.8) is 0 Å². The van der Waals surface area contributed by atoms with Crippen LogP contribution in [0.3, 0.4) is 0 Å². The van der Waals surface area contributed by atoms with Crippen LogP contribution in [0.25, 0.3) is 0 Å². The lowest BCUT2D eigenvalue weighted by Gasteiger charge is -2.32. The van der Waals surface area contributed by atoms with E-state index < -0.39 is 11.5 Å². The van der Waals surface area contributed by atoms with Gasteiger partial charge in [0.15, 0.2) is 0 Å². The topological polar surface area (TPSA) is 52.6 Å². The van der Waals surface area contributed by atoms with Gasteiger partial charge in [0, 0.05) is 13.1 Å². The number of hydrogen-bond acceptors (Lipinski definition) is 3. The van der Waals surface area contributed by atoms with E-state index in [2.05, 4.69) is 17.1 Å². The summed E-state index contributed by atoms with van der Waals surface area (Å²) in [5, 5.41) is 12.7. The number of carboxylic acid groups (broad SMARTS) is 1. The molecule has 1 aliphatic rings. The van der Waals surface area contributed by atoms with E-state index in [1.165, 1.54) is 0 Å². The molecular weight excluding hydrogens is 204 g/mol. The smallest absolute Gasteiger partial charge is 0.324 e. The van der Waals surface area contributed by atoms with Crippen LogP contribution in [0, 0.1) is 5.92 Å². The van der Waals surface area contributed by atoms with E-state index in [0.717, 1.165) is 38.8 Å². The fraction of sp³-hybridized carbons (Fsp3) is 0.917. The standard InChI is InChI=1S/C12H24N2O2/c1-4-10-6-5-7-12(10,11(15)16)13-8-9-14(2)3/h10,13H,4-9H2,1-3H3,(H,15,16). The molecule has 4 heteroatoms.